The van der Waals surface area contributed by atoms with E-state index in [-0.39, 0.29) is 47.4 Å². The van der Waals surface area contributed by atoms with E-state index in [0.29, 0.717) is 0 Å². The summed E-state index contributed by atoms with van der Waals surface area (Å²) in [5.74, 6) is -7.07. The molecular weight excluding hydrogens is 1040 g/mol. The van der Waals surface area contributed by atoms with Gasteiger partial charge < -0.3 is 61.0 Å². The van der Waals surface area contributed by atoms with Gasteiger partial charge in [0.05, 0.1) is 67.2 Å². The van der Waals surface area contributed by atoms with Crippen LogP contribution in [0.5, 0.6) is 17.2 Å². The van der Waals surface area contributed by atoms with Gasteiger partial charge in [-0.3, -0.25) is 38.9 Å². The number of amides is 4. The Morgan fingerprint density at radius 3 is 1.89 bits per heavy atom. The molecule has 420 valence electrons. The van der Waals surface area contributed by atoms with Crippen molar-refractivity contribution in [3.8, 4) is 17.2 Å². The summed E-state index contributed by atoms with van der Waals surface area (Å²) in [6, 6.07) is 40.1. The topological polar surface area (TPSA) is 308 Å². The number of phenolic OH excluding ortho intramolecular Hbond substituents is 2. The molecule has 1 saturated heterocycles. The number of aliphatic hydroxyl groups is 3. The lowest BCUT2D eigenvalue weighted by atomic mass is 9.72. The molecule has 81 heavy (non-hydrogen) atoms. The Balaban J connectivity index is 0.848. The fourth-order valence-electron chi connectivity index (χ4n) is 11.0. The van der Waals surface area contributed by atoms with Gasteiger partial charge in [0.25, 0.3) is 0 Å². The summed E-state index contributed by atoms with van der Waals surface area (Å²) in [4.78, 5) is 95.6. The van der Waals surface area contributed by atoms with E-state index in [1.54, 1.807) is 24.3 Å². The number of phenols is 2. The molecule has 9 rings (SSSR count). The van der Waals surface area contributed by atoms with Gasteiger partial charge in [-0.1, -0.05) is 133 Å². The van der Waals surface area contributed by atoms with Gasteiger partial charge in [0.1, 0.15) is 41.6 Å². The summed E-state index contributed by atoms with van der Waals surface area (Å²) in [7, 11) is 1.29. The van der Waals surface area contributed by atoms with Gasteiger partial charge in [0, 0.05) is 42.4 Å². The second-order valence-electron chi connectivity index (χ2n) is 20.2. The van der Waals surface area contributed by atoms with E-state index in [4.69, 9.17) is 14.2 Å². The number of nitrogens with one attached hydrogen (secondary N) is 5. The lowest BCUT2D eigenvalue weighted by Crippen LogP contribution is -2.57. The number of Topliss-reactive ketones (excluding diaryl/α,β-unsaturated/α-hetero) is 1. The smallest absolute Gasteiger partial charge is 0.243 e. The molecule has 4 amide bonds. The number of hydrogen-bond acceptors (Lipinski definition) is 16. The van der Waals surface area contributed by atoms with Crippen molar-refractivity contribution in [1.82, 2.24) is 26.6 Å². The van der Waals surface area contributed by atoms with E-state index in [1.165, 1.54) is 32.2 Å². The van der Waals surface area contributed by atoms with Crippen LogP contribution in [0.15, 0.2) is 140 Å². The summed E-state index contributed by atoms with van der Waals surface area (Å²) in [5, 5.41) is 70.4. The van der Waals surface area contributed by atoms with Gasteiger partial charge in [-0.25, -0.2) is 0 Å². The number of hydrogen-bond donors (Lipinski definition) is 10. The molecule has 7 atom stereocenters. The van der Waals surface area contributed by atoms with Crippen molar-refractivity contribution in [3.63, 3.8) is 0 Å². The minimum atomic E-state index is -2.42. The highest BCUT2D eigenvalue weighted by Gasteiger charge is 2.50. The first-order valence-electron chi connectivity index (χ1n) is 26.3. The second kappa shape index (κ2) is 24.4. The molecule has 0 radical (unpaired) electrons. The van der Waals surface area contributed by atoms with E-state index >= 15 is 0 Å². The van der Waals surface area contributed by atoms with Crippen molar-refractivity contribution >= 4 is 41.0 Å². The first-order valence-corrected chi connectivity index (χ1v) is 26.3. The number of ether oxygens (including phenoxy) is 3. The van der Waals surface area contributed by atoms with Gasteiger partial charge in [0.15, 0.2) is 17.9 Å². The highest BCUT2D eigenvalue weighted by atomic mass is 16.7. The standard InChI is InChI=1S/C61H61N5O15/c1-34-54(72)41(27-49(80-34)81-44-29-60(78,45(68)33-67)28-40-51(44)58(76)53-52(56(40)74)55(73)39-24-15-25-43(79-2)50(39)57(53)75)65-47(70)31-62-46(69)30-63-59(77)42(26-35-16-7-3-8-17-35)66-48(71)32-64-61(36-18-9-4-10-19-36,37-20-11-5-12-21-37)38-22-13-6-14-23-38/h3-25,34,41-42,44,49,54,64,67,72,74,76,78H,26-33H2,1-2H3,(H,62,69)(H,63,77)(H,65,70)(H,66,71)/t34-,41-,42-,44-,49-,54+,60-/m0/s1. The van der Waals surface area contributed by atoms with Crippen LogP contribution >= 0.6 is 0 Å². The number of fused-ring (bicyclic) bond motifs is 3. The predicted molar refractivity (Wildman–Crippen MR) is 291 cm³/mol. The zero-order valence-corrected chi connectivity index (χ0v) is 44.2. The highest BCUT2D eigenvalue weighted by Crippen LogP contribution is 2.52. The molecule has 0 bridgehead atoms. The minimum Gasteiger partial charge on any atom is -0.507 e. The summed E-state index contributed by atoms with van der Waals surface area (Å²) in [6.45, 7) is -1.09. The summed E-state index contributed by atoms with van der Waals surface area (Å²) in [5.41, 5.74) is -2.05. The first kappa shape index (κ1) is 57.1. The molecule has 0 unspecified atom stereocenters. The Kier molecular flexibility index (Phi) is 17.2. The molecule has 20 nitrogen and oxygen atoms in total. The number of methoxy groups -OCH3 is 1. The number of benzene rings is 6. The fraction of sp³-hybridized carbons (Fsp3) is 0.295. The Morgan fingerprint density at radius 2 is 1.30 bits per heavy atom. The largest absolute Gasteiger partial charge is 0.507 e. The maximum atomic E-state index is 14.1. The molecule has 6 aromatic carbocycles. The van der Waals surface area contributed by atoms with Crippen LogP contribution in [0.1, 0.15) is 91.1 Å². The van der Waals surface area contributed by atoms with Crippen molar-refractivity contribution in [2.75, 3.05) is 33.4 Å². The Bertz CT molecular complexity index is 3250. The lowest BCUT2D eigenvalue weighted by molar-refractivity contribution is -0.249. The maximum Gasteiger partial charge on any atom is 0.243 e. The van der Waals surface area contributed by atoms with Crippen molar-refractivity contribution < 1.29 is 73.3 Å². The third-order valence-electron chi connectivity index (χ3n) is 15.0. The van der Waals surface area contributed by atoms with Crippen LogP contribution in [-0.2, 0) is 51.8 Å². The molecule has 0 saturated carbocycles. The van der Waals surface area contributed by atoms with Gasteiger partial charge >= 0.3 is 0 Å². The van der Waals surface area contributed by atoms with Gasteiger partial charge in [-0.2, -0.15) is 0 Å². The van der Waals surface area contributed by atoms with Gasteiger partial charge in [-0.15, -0.1) is 0 Å². The molecule has 3 aliphatic rings. The second-order valence-corrected chi connectivity index (χ2v) is 20.2. The molecule has 10 N–H and O–H groups in total. The van der Waals surface area contributed by atoms with Crippen molar-refractivity contribution in [3.05, 3.63) is 195 Å². The van der Waals surface area contributed by atoms with Crippen LogP contribution in [0.3, 0.4) is 0 Å². The van der Waals surface area contributed by atoms with Crippen molar-refractivity contribution in [2.24, 2.45) is 0 Å². The number of ketones is 3. The number of aromatic hydroxyl groups is 2. The molecule has 1 fully saturated rings. The number of carbonyl (C=O) groups is 7. The van der Waals surface area contributed by atoms with E-state index in [9.17, 15) is 59.1 Å². The number of carbonyl (C=O) groups excluding carboxylic acids is 7. The van der Waals surface area contributed by atoms with Gasteiger partial charge in [-0.05, 0) is 35.2 Å². The molecular formula is C61H61N5O15. The molecule has 0 spiro atoms. The maximum absolute atomic E-state index is 14.1. The number of aliphatic hydroxyl groups excluding tert-OH is 2. The quantitative estimate of drug-likeness (QED) is 0.0388. The molecule has 0 aromatic heterocycles. The van der Waals surface area contributed by atoms with Gasteiger partial charge in [0.2, 0.25) is 29.4 Å². The third kappa shape index (κ3) is 11.7. The highest BCUT2D eigenvalue weighted by molar-refractivity contribution is 6.31. The predicted octanol–water partition coefficient (Wildman–Crippen LogP) is 2.70. The Hall–Kier alpha value is -8.63. The summed E-state index contributed by atoms with van der Waals surface area (Å²) in [6.07, 6.45) is -6.90. The first-order chi connectivity index (χ1) is 39.0. The molecule has 1 heterocycles. The third-order valence-corrected chi connectivity index (χ3v) is 15.0. The van der Waals surface area contributed by atoms with Crippen LogP contribution in [0, 0.1) is 0 Å². The van der Waals surface area contributed by atoms with E-state index in [0.717, 1.165) is 22.3 Å². The van der Waals surface area contributed by atoms with Crippen LogP contribution in [0.2, 0.25) is 0 Å². The normalized spacial score (nSPS) is 20.6. The summed E-state index contributed by atoms with van der Waals surface area (Å²) >= 11 is 0. The van der Waals surface area contributed by atoms with E-state index < -0.39 is 144 Å². The van der Waals surface area contributed by atoms with E-state index in [2.05, 4.69) is 26.6 Å². The number of rotatable bonds is 20. The fourth-order valence-corrected chi connectivity index (χ4v) is 11.0. The van der Waals surface area contributed by atoms with E-state index in [1.807, 2.05) is 97.1 Å². The van der Waals surface area contributed by atoms with Crippen molar-refractivity contribution in [1.29, 1.82) is 0 Å². The zero-order chi connectivity index (χ0) is 57.6. The summed E-state index contributed by atoms with van der Waals surface area (Å²) < 4.78 is 17.6. The van der Waals surface area contributed by atoms with Crippen LogP contribution in [0.4, 0.5) is 0 Å². The van der Waals surface area contributed by atoms with Crippen LogP contribution in [0.25, 0.3) is 0 Å². The van der Waals surface area contributed by atoms with Crippen LogP contribution in [-0.4, -0.2) is 136 Å². The zero-order valence-electron chi connectivity index (χ0n) is 44.2. The lowest BCUT2D eigenvalue weighted by Gasteiger charge is -2.43. The SMILES string of the molecule is COc1cccc2c1C(=O)c1c(O)c3c(c(O)c1C2=O)C[C@@](O)(C(=O)CO)C[C@@H]3O[C@H]1C[C@H](NC(=O)CNC(=O)CNC(=O)[C@H](Cc2ccccc2)NC(=O)CNC(c2ccccc2)(c2ccccc2)c2ccccc2)[C@H](O)[C@H](C)O1. The Morgan fingerprint density at radius 1 is 0.716 bits per heavy atom. The molecule has 20 heteroatoms. The average molecular weight is 1100 g/mol. The van der Waals surface area contributed by atoms with Crippen LogP contribution < -0.4 is 31.3 Å². The minimum absolute atomic E-state index is 0.0240. The molecule has 6 aromatic rings. The monoisotopic (exact) mass is 1100 g/mol. The van der Waals surface area contributed by atoms with Crippen molar-refractivity contribution in [2.45, 2.75) is 80.4 Å². The molecule has 2 aliphatic carbocycles. The Labute approximate surface area is 465 Å². The average Bonchev–Trinajstić information content (AvgIpc) is 3.48. The molecule has 1 aliphatic heterocycles.